The maximum Gasteiger partial charge on any atom is 0.362 e. The second-order valence-electron chi connectivity index (χ2n) is 8.63. The number of carbonyl (C=O) groups excluding carboxylic acids is 1. The van der Waals surface area contributed by atoms with E-state index in [1.807, 2.05) is 0 Å². The van der Waals surface area contributed by atoms with E-state index in [-0.39, 0.29) is 25.8 Å². The summed E-state index contributed by atoms with van der Waals surface area (Å²) in [7, 11) is 0. The number of rotatable bonds is 20. The van der Waals surface area contributed by atoms with E-state index in [4.69, 9.17) is 0 Å². The van der Waals surface area contributed by atoms with Gasteiger partial charge in [-0.3, -0.25) is 4.48 Å². The molecule has 0 aliphatic rings. The average Bonchev–Trinajstić information content (AvgIpc) is 2.72. The highest BCUT2D eigenvalue weighted by atomic mass is 16.4. The summed E-state index contributed by atoms with van der Waals surface area (Å²) in [5, 5.41) is 31.9. The topological polar surface area (TPSA) is 115 Å². The van der Waals surface area contributed by atoms with Gasteiger partial charge in [0.15, 0.2) is 12.1 Å². The van der Waals surface area contributed by atoms with Crippen LogP contribution in [0.2, 0.25) is 0 Å². The monoisotopic (exact) mass is 455 g/mol. The minimum atomic E-state index is -1.37. The van der Waals surface area contributed by atoms with Crippen molar-refractivity contribution in [3.05, 3.63) is 12.2 Å². The van der Waals surface area contributed by atoms with Crippen LogP contribution in [0.15, 0.2) is 12.2 Å². The second kappa shape index (κ2) is 16.7. The third kappa shape index (κ3) is 8.93. The van der Waals surface area contributed by atoms with Crippen molar-refractivity contribution >= 4 is 17.9 Å². The number of carbonyl (C=O) groups is 3. The summed E-state index contributed by atoms with van der Waals surface area (Å²) in [6.07, 6.45) is 14.0. The van der Waals surface area contributed by atoms with Crippen LogP contribution in [-0.4, -0.2) is 57.3 Å². The summed E-state index contributed by atoms with van der Waals surface area (Å²) in [4.78, 5) is 36.3. The highest BCUT2D eigenvalue weighted by molar-refractivity contribution is 5.77. The molecule has 0 aromatic heterocycles. The van der Waals surface area contributed by atoms with Gasteiger partial charge in [-0.2, -0.15) is 0 Å². The molecule has 0 radical (unpaired) electrons. The summed E-state index contributed by atoms with van der Waals surface area (Å²) < 4.78 is -0.472. The van der Waals surface area contributed by atoms with Gasteiger partial charge in [0.1, 0.15) is 6.04 Å². The number of aliphatic carboxylic acids is 3. The highest BCUT2D eigenvalue weighted by Gasteiger charge is 2.53. The van der Waals surface area contributed by atoms with Crippen molar-refractivity contribution in [3.8, 4) is 0 Å². The fraction of sp³-hybridized carbons (Fsp3) is 0.800. The Labute approximate surface area is 194 Å². The van der Waals surface area contributed by atoms with Gasteiger partial charge in [0.25, 0.3) is 0 Å². The molecular weight excluding hydrogens is 410 g/mol. The van der Waals surface area contributed by atoms with Crippen LogP contribution in [-0.2, 0) is 14.4 Å². The zero-order chi connectivity index (χ0) is 24.6. The first-order valence-corrected chi connectivity index (χ1v) is 12.4. The molecule has 0 heterocycles. The third-order valence-corrected chi connectivity index (χ3v) is 6.56. The standard InChI is InChI=1S/C25H45NO6/c1-5-9-10-11-12-13-14-15-16-17-18-19-26(20(6-2)23(27)28,21(7-3)24(29)30)22(8-4)25(31)32/h9-10,20-22H,5-8,11-19H2,1-4H3,(H2-,27,28,29,30,31,32)/b10-9+. The Kier molecular flexibility index (Phi) is 15.7. The van der Waals surface area contributed by atoms with E-state index >= 15 is 0 Å². The van der Waals surface area contributed by atoms with Crippen molar-refractivity contribution in [2.24, 2.45) is 0 Å². The molecule has 3 unspecified atom stereocenters. The molecule has 0 aromatic rings. The Morgan fingerprint density at radius 3 is 1.53 bits per heavy atom. The van der Waals surface area contributed by atoms with Gasteiger partial charge in [-0.05, 0) is 32.1 Å². The molecule has 0 aliphatic heterocycles. The number of carboxylic acid groups (broad SMARTS) is 3. The third-order valence-electron chi connectivity index (χ3n) is 6.56. The van der Waals surface area contributed by atoms with Crippen molar-refractivity contribution in [2.75, 3.05) is 6.54 Å². The van der Waals surface area contributed by atoms with Gasteiger partial charge in [0.05, 0.1) is 12.5 Å². The Hall–Kier alpha value is -1.89. The molecule has 0 fully saturated rings. The predicted molar refractivity (Wildman–Crippen MR) is 124 cm³/mol. The lowest BCUT2D eigenvalue weighted by atomic mass is 9.93. The first-order chi connectivity index (χ1) is 15.2. The quantitative estimate of drug-likeness (QED) is 0.162. The van der Waals surface area contributed by atoms with Crippen LogP contribution in [0.1, 0.15) is 105 Å². The van der Waals surface area contributed by atoms with Gasteiger partial charge < -0.3 is 20.1 Å². The molecule has 0 saturated carbocycles. The molecule has 32 heavy (non-hydrogen) atoms. The summed E-state index contributed by atoms with van der Waals surface area (Å²) in [6, 6.07) is -3.38. The number of nitrogens with zero attached hydrogens (tertiary/aromatic N) is 1. The molecular formula is C25H45NO6. The largest absolute Gasteiger partial charge is 0.544 e. The Balaban J connectivity index is 5.32. The van der Waals surface area contributed by atoms with E-state index in [1.54, 1.807) is 20.8 Å². The molecule has 186 valence electrons. The number of hydrogen-bond donors (Lipinski definition) is 2. The number of unbranched alkanes of at least 4 members (excludes halogenated alkanes) is 7. The van der Waals surface area contributed by atoms with E-state index in [2.05, 4.69) is 19.1 Å². The van der Waals surface area contributed by atoms with Crippen molar-refractivity contribution in [2.45, 2.75) is 123 Å². The van der Waals surface area contributed by atoms with E-state index < -0.39 is 40.5 Å². The summed E-state index contributed by atoms with van der Waals surface area (Å²) in [5.74, 6) is -3.67. The highest BCUT2D eigenvalue weighted by Crippen LogP contribution is 2.32. The van der Waals surface area contributed by atoms with Crippen LogP contribution in [0, 0.1) is 0 Å². The van der Waals surface area contributed by atoms with Crippen LogP contribution in [0.4, 0.5) is 0 Å². The summed E-state index contributed by atoms with van der Waals surface area (Å²) in [5.41, 5.74) is 0. The molecule has 0 saturated heterocycles. The van der Waals surface area contributed by atoms with Gasteiger partial charge in [0.2, 0.25) is 0 Å². The number of allylic oxidation sites excluding steroid dienone is 2. The SMILES string of the molecule is CC/C=C/CCCCCCCCC[N+](C(CC)C(=O)[O-])(C(CC)C(=O)O)C(CC)C(=O)O. The molecule has 0 aromatic carbocycles. The van der Waals surface area contributed by atoms with Gasteiger partial charge in [-0.1, -0.05) is 65.5 Å². The first kappa shape index (κ1) is 30.1. The molecule has 7 nitrogen and oxygen atoms in total. The normalized spacial score (nSPS) is 16.4. The van der Waals surface area contributed by atoms with E-state index in [0.29, 0.717) is 6.42 Å². The van der Waals surface area contributed by atoms with Gasteiger partial charge in [-0.15, -0.1) is 0 Å². The first-order valence-electron chi connectivity index (χ1n) is 12.4. The van der Waals surface area contributed by atoms with Crippen LogP contribution >= 0.6 is 0 Å². The molecule has 0 aliphatic carbocycles. The van der Waals surface area contributed by atoms with Crippen molar-refractivity contribution in [3.63, 3.8) is 0 Å². The molecule has 0 bridgehead atoms. The molecule has 2 N–H and O–H groups in total. The van der Waals surface area contributed by atoms with E-state index in [0.717, 1.165) is 38.5 Å². The van der Waals surface area contributed by atoms with Crippen molar-refractivity contribution in [1.82, 2.24) is 0 Å². The smallest absolute Gasteiger partial charge is 0.362 e. The van der Waals surface area contributed by atoms with Crippen LogP contribution in [0.25, 0.3) is 0 Å². The Bertz CT molecular complexity index is 534. The van der Waals surface area contributed by atoms with Crippen molar-refractivity contribution in [1.29, 1.82) is 0 Å². The average molecular weight is 456 g/mol. The minimum Gasteiger partial charge on any atom is -0.544 e. The van der Waals surface area contributed by atoms with Gasteiger partial charge in [-0.25, -0.2) is 9.59 Å². The fourth-order valence-corrected chi connectivity index (χ4v) is 5.08. The lowest BCUT2D eigenvalue weighted by molar-refractivity contribution is -0.974. The van der Waals surface area contributed by atoms with Crippen LogP contribution in [0.5, 0.6) is 0 Å². The second-order valence-corrected chi connectivity index (χ2v) is 8.63. The van der Waals surface area contributed by atoms with Crippen LogP contribution < -0.4 is 5.11 Å². The van der Waals surface area contributed by atoms with Gasteiger partial charge in [0, 0.05) is 19.3 Å². The van der Waals surface area contributed by atoms with E-state index in [1.165, 1.54) is 12.8 Å². The van der Waals surface area contributed by atoms with Crippen molar-refractivity contribution < 1.29 is 34.2 Å². The maximum absolute atomic E-state index is 12.1. The summed E-state index contributed by atoms with van der Waals surface area (Å²) in [6.45, 7) is 7.35. The predicted octanol–water partition coefficient (Wildman–Crippen LogP) is 4.15. The minimum absolute atomic E-state index is 0.127. The molecule has 0 amide bonds. The van der Waals surface area contributed by atoms with Crippen LogP contribution in [0.3, 0.4) is 0 Å². The Morgan fingerprint density at radius 2 is 1.16 bits per heavy atom. The van der Waals surface area contributed by atoms with Gasteiger partial charge >= 0.3 is 11.9 Å². The molecule has 7 heteroatoms. The number of hydrogen-bond acceptors (Lipinski definition) is 4. The number of quaternary nitrogens is 1. The lowest BCUT2D eigenvalue weighted by Gasteiger charge is -2.51. The Morgan fingerprint density at radius 1 is 0.719 bits per heavy atom. The zero-order valence-electron chi connectivity index (χ0n) is 20.6. The van der Waals surface area contributed by atoms with E-state index in [9.17, 15) is 29.7 Å². The maximum atomic E-state index is 12.1. The zero-order valence-corrected chi connectivity index (χ0v) is 20.6. The fourth-order valence-electron chi connectivity index (χ4n) is 5.08. The molecule has 0 rings (SSSR count). The number of carboxylic acids is 3. The summed E-state index contributed by atoms with van der Waals surface area (Å²) >= 11 is 0. The lowest BCUT2D eigenvalue weighted by Crippen LogP contribution is -2.73. The molecule has 3 atom stereocenters. The molecule has 0 spiro atoms.